The van der Waals surface area contributed by atoms with Gasteiger partial charge in [-0.25, -0.2) is 18.7 Å². The third kappa shape index (κ3) is 3.08. The number of fused-ring (bicyclic) bond motifs is 1. The van der Waals surface area contributed by atoms with Gasteiger partial charge in [-0.3, -0.25) is 4.79 Å². The van der Waals surface area contributed by atoms with E-state index in [1.54, 1.807) is 13.1 Å². The second-order valence-electron chi connectivity index (χ2n) is 6.04. The molecule has 0 aliphatic carbocycles. The Balaban J connectivity index is 1.68. The molecule has 3 heterocycles. The van der Waals surface area contributed by atoms with Crippen molar-refractivity contribution in [2.24, 2.45) is 7.05 Å². The Labute approximate surface area is 157 Å². The number of carbonyl (C=O) groups excluding carboxylic acids is 1. The van der Waals surface area contributed by atoms with Gasteiger partial charge in [-0.15, -0.1) is 11.3 Å². The van der Waals surface area contributed by atoms with E-state index in [4.69, 9.17) is 0 Å². The fourth-order valence-corrected chi connectivity index (χ4v) is 3.85. The van der Waals surface area contributed by atoms with Crippen LogP contribution in [0.15, 0.2) is 42.7 Å². The maximum atomic E-state index is 13.3. The fourth-order valence-electron chi connectivity index (χ4n) is 2.87. The molecule has 0 bridgehead atoms. The van der Waals surface area contributed by atoms with Crippen molar-refractivity contribution in [1.82, 2.24) is 14.5 Å². The van der Waals surface area contributed by atoms with Gasteiger partial charge in [0.2, 0.25) is 0 Å². The van der Waals surface area contributed by atoms with Crippen LogP contribution in [0.25, 0.3) is 21.6 Å². The first-order chi connectivity index (χ1) is 12.9. The molecule has 0 unspecified atom stereocenters. The van der Waals surface area contributed by atoms with Gasteiger partial charge in [0, 0.05) is 42.1 Å². The van der Waals surface area contributed by atoms with Gasteiger partial charge >= 0.3 is 0 Å². The standard InChI is InChI=1S/C19H14F2N4OS/c1-10-16(18(26)24-11-5-6-14(20)15(21)8-11)27-19(23-10)13-9-25(2)17-12(13)4-3-7-22-17/h3-9H,1-2H3,(H,24,26). The number of nitrogens with zero attached hydrogens (tertiary/aromatic N) is 3. The van der Waals surface area contributed by atoms with Crippen molar-refractivity contribution in [3.63, 3.8) is 0 Å². The van der Waals surface area contributed by atoms with Gasteiger partial charge in [0.25, 0.3) is 5.91 Å². The average molecular weight is 384 g/mol. The summed E-state index contributed by atoms with van der Waals surface area (Å²) >= 11 is 1.24. The first-order valence-corrected chi connectivity index (χ1v) is 8.90. The van der Waals surface area contributed by atoms with Gasteiger partial charge in [-0.05, 0) is 31.2 Å². The van der Waals surface area contributed by atoms with E-state index in [-0.39, 0.29) is 5.69 Å². The number of aryl methyl sites for hydroxylation is 2. The number of rotatable bonds is 3. The molecule has 1 amide bonds. The molecular weight excluding hydrogens is 370 g/mol. The zero-order valence-corrected chi connectivity index (χ0v) is 15.3. The summed E-state index contributed by atoms with van der Waals surface area (Å²) < 4.78 is 28.3. The molecule has 0 saturated carbocycles. The Morgan fingerprint density at radius 2 is 2.04 bits per heavy atom. The summed E-state index contributed by atoms with van der Waals surface area (Å²) in [7, 11) is 1.90. The van der Waals surface area contributed by atoms with Gasteiger partial charge in [0.15, 0.2) is 11.6 Å². The van der Waals surface area contributed by atoms with Crippen molar-refractivity contribution in [2.75, 3.05) is 5.32 Å². The summed E-state index contributed by atoms with van der Waals surface area (Å²) in [6.45, 7) is 1.74. The lowest BCUT2D eigenvalue weighted by molar-refractivity contribution is 0.103. The Kier molecular flexibility index (Phi) is 4.19. The van der Waals surface area contributed by atoms with E-state index in [0.29, 0.717) is 15.6 Å². The lowest BCUT2D eigenvalue weighted by Gasteiger charge is -2.04. The number of aromatic nitrogens is 3. The molecule has 0 atom stereocenters. The number of pyridine rings is 1. The Bertz CT molecular complexity index is 1180. The molecule has 0 aliphatic heterocycles. The SMILES string of the molecule is Cc1nc(-c2cn(C)c3ncccc23)sc1C(=O)Nc1ccc(F)c(F)c1. The topological polar surface area (TPSA) is 59.8 Å². The highest BCUT2D eigenvalue weighted by molar-refractivity contribution is 7.17. The maximum absolute atomic E-state index is 13.3. The zero-order chi connectivity index (χ0) is 19.1. The number of halogens is 2. The van der Waals surface area contributed by atoms with E-state index in [9.17, 15) is 13.6 Å². The van der Waals surface area contributed by atoms with Gasteiger partial charge in [-0.2, -0.15) is 0 Å². The van der Waals surface area contributed by atoms with E-state index >= 15 is 0 Å². The van der Waals surface area contributed by atoms with Crippen LogP contribution in [0.4, 0.5) is 14.5 Å². The quantitative estimate of drug-likeness (QED) is 0.564. The average Bonchev–Trinajstić information content (AvgIpc) is 3.19. The van der Waals surface area contributed by atoms with Crippen LogP contribution >= 0.6 is 11.3 Å². The third-order valence-corrected chi connectivity index (χ3v) is 5.33. The maximum Gasteiger partial charge on any atom is 0.267 e. The second-order valence-corrected chi connectivity index (χ2v) is 7.04. The molecule has 0 saturated heterocycles. The molecule has 1 N–H and O–H groups in total. The largest absolute Gasteiger partial charge is 0.335 e. The van der Waals surface area contributed by atoms with Crippen molar-refractivity contribution in [3.05, 3.63) is 64.9 Å². The minimum Gasteiger partial charge on any atom is -0.335 e. The van der Waals surface area contributed by atoms with Crippen molar-refractivity contribution in [1.29, 1.82) is 0 Å². The summed E-state index contributed by atoms with van der Waals surface area (Å²) in [5.74, 6) is -2.40. The minimum absolute atomic E-state index is 0.183. The van der Waals surface area contributed by atoms with Crippen LogP contribution < -0.4 is 5.32 Å². The molecule has 1 aromatic carbocycles. The van der Waals surface area contributed by atoms with E-state index < -0.39 is 17.5 Å². The molecule has 4 aromatic rings. The van der Waals surface area contributed by atoms with Crippen molar-refractivity contribution < 1.29 is 13.6 Å². The van der Waals surface area contributed by atoms with E-state index in [1.165, 1.54) is 17.4 Å². The summed E-state index contributed by atoms with van der Waals surface area (Å²) in [5.41, 5.74) is 2.47. The number of benzene rings is 1. The van der Waals surface area contributed by atoms with E-state index in [0.717, 1.165) is 28.7 Å². The lowest BCUT2D eigenvalue weighted by Crippen LogP contribution is -2.11. The van der Waals surface area contributed by atoms with Crippen LogP contribution in [-0.2, 0) is 7.05 Å². The fraction of sp³-hybridized carbons (Fsp3) is 0.105. The molecule has 0 aliphatic rings. The van der Waals surface area contributed by atoms with Gasteiger partial charge < -0.3 is 9.88 Å². The van der Waals surface area contributed by atoms with Crippen molar-refractivity contribution >= 4 is 34.0 Å². The summed E-state index contributed by atoms with van der Waals surface area (Å²) in [5, 5.41) is 4.22. The molecule has 0 fully saturated rings. The summed E-state index contributed by atoms with van der Waals surface area (Å²) in [4.78, 5) is 21.9. The molecule has 0 radical (unpaired) electrons. The van der Waals surface area contributed by atoms with Crippen LogP contribution in [0.1, 0.15) is 15.4 Å². The van der Waals surface area contributed by atoms with Gasteiger partial charge in [-0.1, -0.05) is 0 Å². The number of amides is 1. The molecular formula is C19H14F2N4OS. The normalized spacial score (nSPS) is 11.1. The van der Waals surface area contributed by atoms with Crippen molar-refractivity contribution in [3.8, 4) is 10.6 Å². The number of hydrogen-bond acceptors (Lipinski definition) is 4. The first kappa shape index (κ1) is 17.3. The van der Waals surface area contributed by atoms with Crippen LogP contribution in [0.3, 0.4) is 0 Å². The summed E-state index contributed by atoms with van der Waals surface area (Å²) in [6, 6.07) is 7.03. The summed E-state index contributed by atoms with van der Waals surface area (Å²) in [6.07, 6.45) is 3.65. The predicted molar refractivity (Wildman–Crippen MR) is 101 cm³/mol. The van der Waals surface area contributed by atoms with Gasteiger partial charge in [0.1, 0.15) is 15.5 Å². The van der Waals surface area contributed by atoms with E-state index in [1.807, 2.05) is 29.9 Å². The smallest absolute Gasteiger partial charge is 0.267 e. The van der Waals surface area contributed by atoms with Crippen LogP contribution in [0.2, 0.25) is 0 Å². The van der Waals surface area contributed by atoms with Crippen LogP contribution in [0.5, 0.6) is 0 Å². The second kappa shape index (κ2) is 6.55. The highest BCUT2D eigenvalue weighted by Crippen LogP contribution is 2.34. The van der Waals surface area contributed by atoms with Crippen LogP contribution in [0, 0.1) is 18.6 Å². The number of carbonyl (C=O) groups is 1. The molecule has 3 aromatic heterocycles. The minimum atomic E-state index is -1.02. The molecule has 8 heteroatoms. The molecule has 4 rings (SSSR count). The van der Waals surface area contributed by atoms with E-state index in [2.05, 4.69) is 15.3 Å². The third-order valence-electron chi connectivity index (χ3n) is 4.14. The number of anilines is 1. The monoisotopic (exact) mass is 384 g/mol. The van der Waals surface area contributed by atoms with Crippen LogP contribution in [-0.4, -0.2) is 20.4 Å². The number of hydrogen-bond donors (Lipinski definition) is 1. The van der Waals surface area contributed by atoms with Gasteiger partial charge in [0.05, 0.1) is 5.69 Å². The molecule has 5 nitrogen and oxygen atoms in total. The highest BCUT2D eigenvalue weighted by atomic mass is 32.1. The Hall–Kier alpha value is -3.13. The Morgan fingerprint density at radius 1 is 1.22 bits per heavy atom. The molecule has 136 valence electrons. The number of nitrogens with one attached hydrogen (secondary N) is 1. The lowest BCUT2D eigenvalue weighted by atomic mass is 10.2. The van der Waals surface area contributed by atoms with Crippen molar-refractivity contribution in [2.45, 2.75) is 6.92 Å². The molecule has 27 heavy (non-hydrogen) atoms. The Morgan fingerprint density at radius 3 is 2.81 bits per heavy atom. The first-order valence-electron chi connectivity index (χ1n) is 8.08. The predicted octanol–water partition coefficient (Wildman–Crippen LogP) is 4.54. The highest BCUT2D eigenvalue weighted by Gasteiger charge is 2.19. The molecule has 0 spiro atoms. The zero-order valence-electron chi connectivity index (χ0n) is 14.5. The number of thiazole rings is 1.